The maximum atomic E-state index is 14.3. The minimum Gasteiger partial charge on any atom is -0.362 e. The van der Waals surface area contributed by atoms with Crippen molar-refractivity contribution in [2.75, 3.05) is 18.0 Å². The number of benzene rings is 2. The number of fused-ring (bicyclic) bond motifs is 1. The summed E-state index contributed by atoms with van der Waals surface area (Å²) >= 11 is 0. The van der Waals surface area contributed by atoms with Gasteiger partial charge in [0.15, 0.2) is 0 Å². The Morgan fingerprint density at radius 3 is 2.19 bits per heavy atom. The van der Waals surface area contributed by atoms with Crippen molar-refractivity contribution >= 4 is 22.5 Å². The highest BCUT2D eigenvalue weighted by atomic mass is 19.1. The third kappa shape index (κ3) is 4.58. The van der Waals surface area contributed by atoms with Crippen LogP contribution >= 0.6 is 0 Å². The van der Waals surface area contributed by atoms with Gasteiger partial charge in [0, 0.05) is 38.3 Å². The fourth-order valence-corrected chi connectivity index (χ4v) is 5.36. The van der Waals surface area contributed by atoms with E-state index in [0.29, 0.717) is 29.8 Å². The highest BCUT2D eigenvalue weighted by Crippen LogP contribution is 2.36. The highest BCUT2D eigenvalue weighted by molar-refractivity contribution is 5.89. The average Bonchev–Trinajstić information content (AvgIpc) is 2.88. The molecule has 0 bridgehead atoms. The predicted molar refractivity (Wildman–Crippen MR) is 141 cm³/mol. The van der Waals surface area contributed by atoms with Crippen LogP contribution < -0.4 is 10.5 Å². The van der Waals surface area contributed by atoms with Crippen LogP contribution in [0, 0.1) is 18.2 Å². The van der Waals surface area contributed by atoms with Gasteiger partial charge in [-0.1, -0.05) is 30.8 Å². The van der Waals surface area contributed by atoms with Gasteiger partial charge >= 0.3 is 0 Å². The van der Waals surface area contributed by atoms with E-state index < -0.39 is 0 Å². The molecule has 0 spiro atoms. The number of aromatic nitrogens is 2. The average molecular weight is 500 g/mol. The number of piperazine rings is 1. The summed E-state index contributed by atoms with van der Waals surface area (Å²) in [7, 11) is 1.69. The molecule has 0 amide bonds. The van der Waals surface area contributed by atoms with Gasteiger partial charge in [0.25, 0.3) is 11.4 Å². The number of rotatable bonds is 4. The maximum Gasteiger partial charge on any atom is 0.270 e. The molecular weight excluding hydrogens is 472 g/mol. The third-order valence-corrected chi connectivity index (χ3v) is 7.17. The lowest BCUT2D eigenvalue weighted by atomic mass is 9.93. The largest absolute Gasteiger partial charge is 0.362 e. The number of aryl methyl sites for hydroxylation is 1. The zero-order chi connectivity index (χ0) is 26.3. The van der Waals surface area contributed by atoms with Crippen LogP contribution in [-0.4, -0.2) is 39.6 Å². The quantitative estimate of drug-likeness (QED) is 0.350. The van der Waals surface area contributed by atoms with Gasteiger partial charge in [-0.25, -0.2) is 8.78 Å². The lowest BCUT2D eigenvalue weighted by Crippen LogP contribution is -2.57. The van der Waals surface area contributed by atoms with Crippen molar-refractivity contribution in [2.24, 2.45) is 7.05 Å². The minimum atomic E-state index is -0.349. The molecule has 2 aromatic carbocycles. The lowest BCUT2D eigenvalue weighted by Gasteiger charge is -2.48. The molecule has 37 heavy (non-hydrogen) atoms. The lowest BCUT2D eigenvalue weighted by molar-refractivity contribution is 0.129. The van der Waals surface area contributed by atoms with Gasteiger partial charge in [0.2, 0.25) is 5.52 Å². The van der Waals surface area contributed by atoms with Gasteiger partial charge in [-0.05, 0) is 61.4 Å². The summed E-state index contributed by atoms with van der Waals surface area (Å²) in [5, 5.41) is 0. The predicted octanol–water partition coefficient (Wildman–Crippen LogP) is 5.45. The second kappa shape index (κ2) is 9.75. The molecule has 6 nitrogen and oxygen atoms in total. The summed E-state index contributed by atoms with van der Waals surface area (Å²) in [5.74, 6) is -0.415. The third-order valence-electron chi connectivity index (χ3n) is 7.17. The standard InChI is InChI=1S/C29H27F2N5O/c1-18-17-36(29(20-7-5-9-22(30)13-20)21-8-6-10-23(31)14-21)19(2)16-35(18)25-15-27(37)34(4)24-11-12-26(32-3)33-28(24)25/h5-15,18-19,29H,16-17H2,1-2,4H3/t18-,19+/m0/s1. The van der Waals surface area contributed by atoms with Crippen LogP contribution in [0.2, 0.25) is 0 Å². The number of halogens is 2. The SMILES string of the molecule is [C-]#[N+]c1ccc2c(n1)c(N1C[C@@H](C)N(C(c3cccc(F)c3)c3cccc(F)c3)C[C@@H]1C)cc(=O)n2C. The molecule has 3 heterocycles. The Labute approximate surface area is 214 Å². The van der Waals surface area contributed by atoms with Crippen LogP contribution in [0.1, 0.15) is 31.0 Å². The Hall–Kier alpha value is -4.09. The van der Waals surface area contributed by atoms with E-state index in [0.717, 1.165) is 11.1 Å². The van der Waals surface area contributed by atoms with Crippen molar-refractivity contribution in [2.45, 2.75) is 32.0 Å². The van der Waals surface area contributed by atoms with E-state index in [-0.39, 0.29) is 41.1 Å². The molecule has 1 saturated heterocycles. The van der Waals surface area contributed by atoms with Crippen LogP contribution in [0.3, 0.4) is 0 Å². The minimum absolute atomic E-state index is 0.0316. The number of pyridine rings is 2. The van der Waals surface area contributed by atoms with Crippen molar-refractivity contribution in [1.82, 2.24) is 14.5 Å². The van der Waals surface area contributed by atoms with Crippen molar-refractivity contribution in [1.29, 1.82) is 0 Å². The van der Waals surface area contributed by atoms with E-state index in [1.54, 1.807) is 37.4 Å². The van der Waals surface area contributed by atoms with E-state index in [4.69, 9.17) is 6.57 Å². The number of anilines is 1. The second-order valence-corrected chi connectivity index (χ2v) is 9.64. The maximum absolute atomic E-state index is 14.3. The molecule has 1 aliphatic heterocycles. The Morgan fingerprint density at radius 1 is 0.946 bits per heavy atom. The molecule has 1 fully saturated rings. The molecule has 0 radical (unpaired) electrons. The molecule has 2 aromatic heterocycles. The van der Waals surface area contributed by atoms with E-state index in [2.05, 4.69) is 33.5 Å². The summed E-state index contributed by atoms with van der Waals surface area (Å²) in [6, 6.07) is 17.4. The molecule has 188 valence electrons. The van der Waals surface area contributed by atoms with Gasteiger partial charge < -0.3 is 14.3 Å². The fourth-order valence-electron chi connectivity index (χ4n) is 5.36. The molecule has 2 atom stereocenters. The molecule has 4 aromatic rings. The first kappa shape index (κ1) is 24.6. The first-order valence-corrected chi connectivity index (χ1v) is 12.2. The van der Waals surface area contributed by atoms with Gasteiger partial charge in [-0.3, -0.25) is 9.69 Å². The van der Waals surface area contributed by atoms with Crippen LogP contribution in [0.25, 0.3) is 15.9 Å². The highest BCUT2D eigenvalue weighted by Gasteiger charge is 2.36. The van der Waals surface area contributed by atoms with Crippen LogP contribution in [-0.2, 0) is 7.05 Å². The van der Waals surface area contributed by atoms with Gasteiger partial charge in [-0.2, -0.15) is 0 Å². The van der Waals surface area contributed by atoms with Crippen molar-refractivity contribution in [3.05, 3.63) is 111 Å². The summed E-state index contributed by atoms with van der Waals surface area (Å²) in [6.07, 6.45) is 0. The van der Waals surface area contributed by atoms with Crippen molar-refractivity contribution in [3.8, 4) is 0 Å². The molecule has 0 saturated carbocycles. The molecule has 0 N–H and O–H groups in total. The van der Waals surface area contributed by atoms with E-state index in [1.165, 1.54) is 28.8 Å². The van der Waals surface area contributed by atoms with Crippen LogP contribution in [0.5, 0.6) is 0 Å². The molecule has 8 heteroatoms. The normalized spacial score (nSPS) is 18.4. The number of hydrogen-bond donors (Lipinski definition) is 0. The summed E-state index contributed by atoms with van der Waals surface area (Å²) < 4.78 is 30.1. The van der Waals surface area contributed by atoms with Gasteiger partial charge in [-0.15, -0.1) is 4.98 Å². The second-order valence-electron chi connectivity index (χ2n) is 9.64. The molecule has 5 rings (SSSR count). The zero-order valence-corrected chi connectivity index (χ0v) is 20.9. The number of nitrogens with zero attached hydrogens (tertiary/aromatic N) is 5. The van der Waals surface area contributed by atoms with Crippen LogP contribution in [0.15, 0.2) is 71.5 Å². The van der Waals surface area contributed by atoms with Gasteiger partial charge in [0.05, 0.1) is 17.2 Å². The van der Waals surface area contributed by atoms with Crippen LogP contribution in [0.4, 0.5) is 20.3 Å². The zero-order valence-electron chi connectivity index (χ0n) is 20.9. The molecule has 1 aliphatic rings. The summed E-state index contributed by atoms with van der Waals surface area (Å²) in [4.78, 5) is 25.2. The first-order chi connectivity index (χ1) is 17.8. The van der Waals surface area contributed by atoms with Crippen molar-refractivity contribution in [3.63, 3.8) is 0 Å². The Kier molecular flexibility index (Phi) is 6.48. The first-order valence-electron chi connectivity index (χ1n) is 12.2. The summed E-state index contributed by atoms with van der Waals surface area (Å²) in [5.41, 5.74) is 3.31. The van der Waals surface area contributed by atoms with Crippen molar-refractivity contribution < 1.29 is 8.78 Å². The number of hydrogen-bond acceptors (Lipinski definition) is 4. The molecule has 0 unspecified atom stereocenters. The smallest absolute Gasteiger partial charge is 0.270 e. The Bertz CT molecular complexity index is 1530. The van der Waals surface area contributed by atoms with E-state index >= 15 is 0 Å². The topological polar surface area (TPSA) is 45.7 Å². The molecule has 0 aliphatic carbocycles. The van der Waals surface area contributed by atoms with E-state index in [9.17, 15) is 13.6 Å². The monoisotopic (exact) mass is 499 g/mol. The van der Waals surface area contributed by atoms with Gasteiger partial charge in [0.1, 0.15) is 11.6 Å². The summed E-state index contributed by atoms with van der Waals surface area (Å²) in [6.45, 7) is 12.7. The van der Waals surface area contributed by atoms with E-state index in [1.807, 2.05) is 12.1 Å². The molecular formula is C29H27F2N5O. The fraction of sp³-hybridized carbons (Fsp3) is 0.276. The Balaban J connectivity index is 1.57. The Morgan fingerprint density at radius 2 is 1.59 bits per heavy atom.